The Morgan fingerprint density at radius 1 is 1.07 bits per heavy atom. The van der Waals surface area contributed by atoms with E-state index in [2.05, 4.69) is 0 Å². The molecule has 1 N–H and O–H groups in total. The zero-order chi connectivity index (χ0) is 20.3. The predicted molar refractivity (Wildman–Crippen MR) is 108 cm³/mol. The van der Waals surface area contributed by atoms with Crippen LogP contribution < -0.4 is 4.74 Å². The maximum atomic E-state index is 12.8. The zero-order valence-corrected chi connectivity index (χ0v) is 16.4. The highest BCUT2D eigenvalue weighted by atomic mass is 16.5. The number of likely N-dealkylation sites (tertiary alicyclic amines) is 1. The van der Waals surface area contributed by atoms with E-state index in [1.807, 2.05) is 51.1 Å². The molecule has 3 rings (SSSR count). The van der Waals surface area contributed by atoms with Gasteiger partial charge in [-0.25, -0.2) is 0 Å². The second-order valence-electron chi connectivity index (χ2n) is 7.21. The molecule has 5 heteroatoms. The van der Waals surface area contributed by atoms with Crippen molar-refractivity contribution in [1.29, 1.82) is 0 Å². The maximum Gasteiger partial charge on any atom is 0.295 e. The summed E-state index contributed by atoms with van der Waals surface area (Å²) in [6.07, 6.45) is 0. The van der Waals surface area contributed by atoms with Crippen LogP contribution in [0.4, 0.5) is 0 Å². The van der Waals surface area contributed by atoms with E-state index in [4.69, 9.17) is 4.74 Å². The molecule has 1 atom stereocenters. The summed E-state index contributed by atoms with van der Waals surface area (Å²) in [6, 6.07) is 15.5. The Labute approximate surface area is 165 Å². The molecule has 2 aromatic carbocycles. The summed E-state index contributed by atoms with van der Waals surface area (Å²) in [5.41, 5.74) is 1.41. The molecular weight excluding hydrogens is 354 g/mol. The third-order valence-electron chi connectivity index (χ3n) is 4.66. The van der Waals surface area contributed by atoms with Gasteiger partial charge in [-0.15, -0.1) is 0 Å². The van der Waals surface area contributed by atoms with E-state index in [-0.39, 0.29) is 17.3 Å². The Morgan fingerprint density at radius 2 is 1.71 bits per heavy atom. The number of ketones is 1. The largest absolute Gasteiger partial charge is 0.507 e. The lowest BCUT2D eigenvalue weighted by molar-refractivity contribution is -0.140. The molecule has 1 aliphatic heterocycles. The van der Waals surface area contributed by atoms with Gasteiger partial charge in [-0.05, 0) is 30.5 Å². The third-order valence-corrected chi connectivity index (χ3v) is 4.66. The summed E-state index contributed by atoms with van der Waals surface area (Å²) >= 11 is 0. The van der Waals surface area contributed by atoms with Crippen molar-refractivity contribution in [3.05, 3.63) is 71.3 Å². The Kier molecular flexibility index (Phi) is 5.83. The Balaban J connectivity index is 2.12. The zero-order valence-electron chi connectivity index (χ0n) is 16.4. The van der Waals surface area contributed by atoms with Gasteiger partial charge in [0.1, 0.15) is 11.5 Å². The molecule has 5 nitrogen and oxygen atoms in total. The van der Waals surface area contributed by atoms with Gasteiger partial charge in [0.15, 0.2) is 0 Å². The first-order valence-electron chi connectivity index (χ1n) is 9.50. The SMILES string of the molecule is CCOc1ccc(C2/C(=C(/O)c3ccccc3)C(=O)C(=O)N2CC(C)C)cc1. The van der Waals surface area contributed by atoms with Gasteiger partial charge in [0.25, 0.3) is 11.7 Å². The van der Waals surface area contributed by atoms with Gasteiger partial charge in [-0.2, -0.15) is 0 Å². The van der Waals surface area contributed by atoms with Crippen molar-refractivity contribution in [3.8, 4) is 5.75 Å². The molecule has 1 saturated heterocycles. The molecule has 1 fully saturated rings. The van der Waals surface area contributed by atoms with E-state index in [0.717, 1.165) is 11.3 Å². The standard InChI is InChI=1S/C23H25NO4/c1-4-28-18-12-10-16(11-13-18)20-19(21(25)17-8-6-5-7-9-17)22(26)23(27)24(20)14-15(2)3/h5-13,15,20,25H,4,14H2,1-3H3/b21-19-. The molecule has 1 amide bonds. The van der Waals surface area contributed by atoms with Crippen molar-refractivity contribution in [2.24, 2.45) is 5.92 Å². The molecule has 1 aliphatic rings. The Morgan fingerprint density at radius 3 is 2.29 bits per heavy atom. The van der Waals surface area contributed by atoms with Crippen molar-refractivity contribution in [3.63, 3.8) is 0 Å². The second kappa shape index (κ2) is 8.30. The summed E-state index contributed by atoms with van der Waals surface area (Å²) in [7, 11) is 0. The van der Waals surface area contributed by atoms with Crippen LogP contribution in [0, 0.1) is 5.92 Å². The van der Waals surface area contributed by atoms with Crippen LogP contribution in [0.2, 0.25) is 0 Å². The number of Topliss-reactive ketones (excluding diaryl/α,β-unsaturated/α-hetero) is 1. The average molecular weight is 379 g/mol. The number of ether oxygens (including phenoxy) is 1. The number of nitrogens with zero attached hydrogens (tertiary/aromatic N) is 1. The van der Waals surface area contributed by atoms with Crippen LogP contribution in [-0.2, 0) is 9.59 Å². The van der Waals surface area contributed by atoms with E-state index in [1.54, 1.807) is 29.2 Å². The quantitative estimate of drug-likeness (QED) is 0.465. The highest BCUT2D eigenvalue weighted by Crippen LogP contribution is 2.40. The molecule has 1 heterocycles. The lowest BCUT2D eigenvalue weighted by Crippen LogP contribution is -2.33. The summed E-state index contributed by atoms with van der Waals surface area (Å²) in [5.74, 6) is -0.481. The summed E-state index contributed by atoms with van der Waals surface area (Å²) in [5, 5.41) is 10.9. The number of carbonyl (C=O) groups excluding carboxylic acids is 2. The molecule has 0 spiro atoms. The number of aliphatic hydroxyl groups is 1. The van der Waals surface area contributed by atoms with Crippen LogP contribution in [0.1, 0.15) is 37.9 Å². The van der Waals surface area contributed by atoms with Crippen LogP contribution in [0.15, 0.2) is 60.2 Å². The number of hydrogen-bond donors (Lipinski definition) is 1. The molecule has 0 aromatic heterocycles. The van der Waals surface area contributed by atoms with Gasteiger partial charge in [0.2, 0.25) is 0 Å². The van der Waals surface area contributed by atoms with Crippen LogP contribution >= 0.6 is 0 Å². The van der Waals surface area contributed by atoms with Crippen molar-refractivity contribution in [1.82, 2.24) is 4.90 Å². The van der Waals surface area contributed by atoms with Crippen LogP contribution in [0.3, 0.4) is 0 Å². The minimum Gasteiger partial charge on any atom is -0.507 e. The van der Waals surface area contributed by atoms with Gasteiger partial charge in [0, 0.05) is 12.1 Å². The van der Waals surface area contributed by atoms with Gasteiger partial charge in [0.05, 0.1) is 18.2 Å². The van der Waals surface area contributed by atoms with E-state index in [9.17, 15) is 14.7 Å². The predicted octanol–water partition coefficient (Wildman–Crippen LogP) is 4.16. The van der Waals surface area contributed by atoms with Crippen LogP contribution in [0.25, 0.3) is 5.76 Å². The van der Waals surface area contributed by atoms with E-state index in [0.29, 0.717) is 18.7 Å². The van der Waals surface area contributed by atoms with Crippen LogP contribution in [-0.4, -0.2) is 34.8 Å². The number of benzene rings is 2. The first kappa shape index (κ1) is 19.7. The molecule has 0 saturated carbocycles. The lowest BCUT2D eigenvalue weighted by Gasteiger charge is -2.27. The second-order valence-corrected chi connectivity index (χ2v) is 7.21. The van der Waals surface area contributed by atoms with E-state index >= 15 is 0 Å². The van der Waals surface area contributed by atoms with Gasteiger partial charge in [-0.3, -0.25) is 9.59 Å². The monoisotopic (exact) mass is 379 g/mol. The average Bonchev–Trinajstić information content (AvgIpc) is 2.93. The van der Waals surface area contributed by atoms with Crippen LogP contribution in [0.5, 0.6) is 5.75 Å². The number of hydrogen-bond acceptors (Lipinski definition) is 4. The van der Waals surface area contributed by atoms with Gasteiger partial charge >= 0.3 is 0 Å². The summed E-state index contributed by atoms with van der Waals surface area (Å²) < 4.78 is 5.49. The summed E-state index contributed by atoms with van der Waals surface area (Å²) in [6.45, 7) is 6.87. The minimum absolute atomic E-state index is 0.126. The smallest absolute Gasteiger partial charge is 0.295 e. The van der Waals surface area contributed by atoms with Crippen molar-refractivity contribution in [2.75, 3.05) is 13.2 Å². The number of carbonyl (C=O) groups is 2. The maximum absolute atomic E-state index is 12.8. The fourth-order valence-electron chi connectivity index (χ4n) is 3.47. The third kappa shape index (κ3) is 3.79. The number of aliphatic hydroxyl groups excluding tert-OH is 1. The molecule has 0 radical (unpaired) electrons. The fraction of sp³-hybridized carbons (Fsp3) is 0.304. The van der Waals surface area contributed by atoms with E-state index in [1.165, 1.54) is 0 Å². The van der Waals surface area contributed by atoms with Crippen molar-refractivity contribution < 1.29 is 19.4 Å². The van der Waals surface area contributed by atoms with Gasteiger partial charge in [-0.1, -0.05) is 56.3 Å². The van der Waals surface area contributed by atoms with Crippen molar-refractivity contribution in [2.45, 2.75) is 26.8 Å². The normalized spacial score (nSPS) is 18.7. The molecule has 146 valence electrons. The number of amides is 1. The summed E-state index contributed by atoms with van der Waals surface area (Å²) in [4.78, 5) is 27.1. The molecule has 0 aliphatic carbocycles. The molecular formula is C23H25NO4. The topological polar surface area (TPSA) is 66.8 Å². The molecule has 28 heavy (non-hydrogen) atoms. The highest BCUT2D eigenvalue weighted by molar-refractivity contribution is 6.46. The first-order chi connectivity index (χ1) is 13.4. The van der Waals surface area contributed by atoms with E-state index < -0.39 is 17.7 Å². The molecule has 2 aromatic rings. The molecule has 1 unspecified atom stereocenters. The Bertz CT molecular complexity index is 885. The highest BCUT2D eigenvalue weighted by Gasteiger charge is 2.46. The Hall–Kier alpha value is -3.08. The first-order valence-corrected chi connectivity index (χ1v) is 9.50. The fourth-order valence-corrected chi connectivity index (χ4v) is 3.47. The van der Waals surface area contributed by atoms with Crippen molar-refractivity contribution >= 4 is 17.4 Å². The molecule has 0 bridgehead atoms. The number of rotatable bonds is 6. The lowest BCUT2D eigenvalue weighted by atomic mass is 9.95. The minimum atomic E-state index is -0.652. The van der Waals surface area contributed by atoms with Gasteiger partial charge < -0.3 is 14.7 Å².